The molecule has 19 heavy (non-hydrogen) atoms. The normalized spacial score (nSPS) is 11.2. The molecule has 0 spiro atoms. The van der Waals surface area contributed by atoms with Gasteiger partial charge in [-0.15, -0.1) is 0 Å². The lowest BCUT2D eigenvalue weighted by atomic mass is 10.1. The minimum absolute atomic E-state index is 0.918. The third-order valence-electron chi connectivity index (χ3n) is 3.97. The minimum atomic E-state index is 0.918. The molecule has 0 atom stereocenters. The maximum Gasteiger partial charge on any atom is 0.0488 e. The van der Waals surface area contributed by atoms with E-state index in [-0.39, 0.29) is 0 Å². The number of hydrogen-bond acceptors (Lipinski definition) is 1. The van der Waals surface area contributed by atoms with E-state index in [4.69, 9.17) is 0 Å². The number of allylic oxidation sites excluding steroid dienone is 1. The van der Waals surface area contributed by atoms with Crippen LogP contribution in [0.4, 0.5) is 0 Å². The lowest BCUT2D eigenvalue weighted by Gasteiger charge is -2.10. The van der Waals surface area contributed by atoms with E-state index in [1.54, 1.807) is 0 Å². The van der Waals surface area contributed by atoms with Crippen LogP contribution < -0.4 is 5.32 Å². The smallest absolute Gasteiger partial charge is 0.0488 e. The van der Waals surface area contributed by atoms with Crippen LogP contribution in [0.1, 0.15) is 30.2 Å². The van der Waals surface area contributed by atoms with Gasteiger partial charge in [-0.25, -0.2) is 0 Å². The van der Waals surface area contributed by atoms with Crippen molar-refractivity contribution in [3.8, 4) is 0 Å². The van der Waals surface area contributed by atoms with Crippen LogP contribution in [-0.2, 0) is 13.1 Å². The average molecular weight is 256 g/mol. The zero-order valence-electron chi connectivity index (χ0n) is 12.5. The van der Waals surface area contributed by atoms with Crippen LogP contribution in [0.2, 0.25) is 0 Å². The summed E-state index contributed by atoms with van der Waals surface area (Å²) in [5.74, 6) is 0. The molecule has 0 aliphatic rings. The maximum atomic E-state index is 4.14. The predicted octanol–water partition coefficient (Wildman–Crippen LogP) is 3.94. The van der Waals surface area contributed by atoms with Gasteiger partial charge in [-0.3, -0.25) is 0 Å². The minimum Gasteiger partial charge on any atom is -0.341 e. The standard InChI is InChI=1S/C17H24N2/c1-6-12(2)11-19-14(4)13(3)16-9-15(10-18-5)7-8-17(16)19/h7-9,18H,2,6,10-11H2,1,3-5H3. The Labute approximate surface area is 116 Å². The van der Waals surface area contributed by atoms with Gasteiger partial charge in [0.05, 0.1) is 0 Å². The van der Waals surface area contributed by atoms with Gasteiger partial charge < -0.3 is 9.88 Å². The average Bonchev–Trinajstić information content (AvgIpc) is 2.64. The number of hydrogen-bond donors (Lipinski definition) is 1. The molecule has 2 heteroatoms. The molecule has 2 aromatic rings. The largest absolute Gasteiger partial charge is 0.341 e. The second kappa shape index (κ2) is 5.62. The van der Waals surface area contributed by atoms with Gasteiger partial charge in [0.1, 0.15) is 0 Å². The first kappa shape index (κ1) is 13.9. The van der Waals surface area contributed by atoms with Crippen LogP contribution in [0.25, 0.3) is 10.9 Å². The summed E-state index contributed by atoms with van der Waals surface area (Å²) >= 11 is 0. The highest BCUT2D eigenvalue weighted by atomic mass is 15.0. The van der Waals surface area contributed by atoms with Gasteiger partial charge in [-0.1, -0.05) is 25.1 Å². The van der Waals surface area contributed by atoms with Crippen LogP contribution in [0.3, 0.4) is 0 Å². The molecular weight excluding hydrogens is 232 g/mol. The van der Waals surface area contributed by atoms with Crippen LogP contribution in [-0.4, -0.2) is 11.6 Å². The van der Waals surface area contributed by atoms with E-state index in [9.17, 15) is 0 Å². The van der Waals surface area contributed by atoms with Crippen molar-refractivity contribution in [2.45, 2.75) is 40.3 Å². The molecule has 0 saturated carbocycles. The lowest BCUT2D eigenvalue weighted by Crippen LogP contribution is -2.05. The summed E-state index contributed by atoms with van der Waals surface area (Å²) in [4.78, 5) is 0. The predicted molar refractivity (Wildman–Crippen MR) is 83.6 cm³/mol. The Kier molecular flexibility index (Phi) is 4.11. The molecule has 2 rings (SSSR count). The quantitative estimate of drug-likeness (QED) is 0.802. The summed E-state index contributed by atoms with van der Waals surface area (Å²) in [6, 6.07) is 6.76. The molecule has 0 aliphatic heterocycles. The van der Waals surface area contributed by atoms with E-state index in [2.05, 4.69) is 55.4 Å². The van der Waals surface area contributed by atoms with E-state index < -0.39 is 0 Å². The van der Waals surface area contributed by atoms with Gasteiger partial charge in [-0.2, -0.15) is 0 Å². The van der Waals surface area contributed by atoms with Crippen molar-refractivity contribution in [1.29, 1.82) is 0 Å². The molecule has 1 aromatic heterocycles. The van der Waals surface area contributed by atoms with Crippen LogP contribution in [0.5, 0.6) is 0 Å². The Morgan fingerprint density at radius 3 is 2.68 bits per heavy atom. The summed E-state index contributed by atoms with van der Waals surface area (Å²) in [6.45, 7) is 12.6. The van der Waals surface area contributed by atoms with Crippen molar-refractivity contribution < 1.29 is 0 Å². The number of rotatable bonds is 5. The van der Waals surface area contributed by atoms with Crippen LogP contribution in [0, 0.1) is 13.8 Å². The van der Waals surface area contributed by atoms with E-state index >= 15 is 0 Å². The monoisotopic (exact) mass is 256 g/mol. The number of aromatic nitrogens is 1. The fourth-order valence-corrected chi connectivity index (χ4v) is 2.55. The van der Waals surface area contributed by atoms with Gasteiger partial charge in [-0.05, 0) is 50.6 Å². The number of benzene rings is 1. The molecule has 0 unspecified atom stereocenters. The number of aryl methyl sites for hydroxylation is 1. The molecule has 0 saturated heterocycles. The maximum absolute atomic E-state index is 4.14. The molecule has 2 nitrogen and oxygen atoms in total. The first-order valence-corrected chi connectivity index (χ1v) is 6.98. The molecule has 0 aliphatic carbocycles. The van der Waals surface area contributed by atoms with Crippen molar-refractivity contribution in [2.75, 3.05) is 7.05 Å². The summed E-state index contributed by atoms with van der Waals surface area (Å²) < 4.78 is 2.39. The third-order valence-corrected chi connectivity index (χ3v) is 3.97. The van der Waals surface area contributed by atoms with Crippen molar-refractivity contribution in [1.82, 2.24) is 9.88 Å². The fraction of sp³-hybridized carbons (Fsp3) is 0.412. The Balaban J connectivity index is 2.53. The topological polar surface area (TPSA) is 17.0 Å². The van der Waals surface area contributed by atoms with Gasteiger partial charge in [0.25, 0.3) is 0 Å². The molecule has 1 N–H and O–H groups in total. The Hall–Kier alpha value is -1.54. The van der Waals surface area contributed by atoms with Gasteiger partial charge >= 0.3 is 0 Å². The summed E-state index contributed by atoms with van der Waals surface area (Å²) in [6.07, 6.45) is 1.04. The van der Waals surface area contributed by atoms with Crippen LogP contribution >= 0.6 is 0 Å². The Morgan fingerprint density at radius 1 is 1.32 bits per heavy atom. The molecule has 102 valence electrons. The molecule has 0 amide bonds. The van der Waals surface area contributed by atoms with Crippen LogP contribution in [0.15, 0.2) is 30.4 Å². The van der Waals surface area contributed by atoms with Crippen molar-refractivity contribution >= 4 is 10.9 Å². The SMILES string of the molecule is C=C(CC)Cn1c(C)c(C)c2cc(CNC)ccc21. The second-order valence-electron chi connectivity index (χ2n) is 5.28. The molecule has 1 heterocycles. The second-order valence-corrected chi connectivity index (χ2v) is 5.28. The molecule has 0 bridgehead atoms. The lowest BCUT2D eigenvalue weighted by molar-refractivity contribution is 0.763. The number of nitrogens with one attached hydrogen (secondary N) is 1. The van der Waals surface area contributed by atoms with Crippen molar-refractivity contribution in [3.63, 3.8) is 0 Å². The van der Waals surface area contributed by atoms with Gasteiger partial charge in [0.15, 0.2) is 0 Å². The Bertz CT molecular complexity index is 605. The highest BCUT2D eigenvalue weighted by Gasteiger charge is 2.11. The first-order chi connectivity index (χ1) is 9.08. The van der Waals surface area contributed by atoms with E-state index in [0.717, 1.165) is 19.5 Å². The highest BCUT2D eigenvalue weighted by Crippen LogP contribution is 2.27. The zero-order valence-corrected chi connectivity index (χ0v) is 12.5. The molecule has 1 aromatic carbocycles. The summed E-state index contributed by atoms with van der Waals surface area (Å²) in [5, 5.41) is 4.58. The van der Waals surface area contributed by atoms with E-state index in [0.29, 0.717) is 0 Å². The van der Waals surface area contributed by atoms with E-state index in [1.807, 2.05) is 7.05 Å². The van der Waals surface area contributed by atoms with E-state index in [1.165, 1.54) is 33.3 Å². The Morgan fingerprint density at radius 2 is 2.05 bits per heavy atom. The number of fused-ring (bicyclic) bond motifs is 1. The zero-order chi connectivity index (χ0) is 14.0. The summed E-state index contributed by atoms with van der Waals surface area (Å²) in [7, 11) is 1.98. The molecule has 0 radical (unpaired) electrons. The number of nitrogens with zero attached hydrogens (tertiary/aromatic N) is 1. The highest BCUT2D eigenvalue weighted by molar-refractivity contribution is 5.86. The fourth-order valence-electron chi connectivity index (χ4n) is 2.55. The van der Waals surface area contributed by atoms with Crippen molar-refractivity contribution in [3.05, 3.63) is 47.2 Å². The summed E-state index contributed by atoms with van der Waals surface area (Å²) in [5.41, 5.74) is 6.68. The van der Waals surface area contributed by atoms with Gasteiger partial charge in [0, 0.05) is 29.7 Å². The van der Waals surface area contributed by atoms with Gasteiger partial charge in [0.2, 0.25) is 0 Å². The molecular formula is C17H24N2. The van der Waals surface area contributed by atoms with Crippen molar-refractivity contribution in [2.24, 2.45) is 0 Å². The first-order valence-electron chi connectivity index (χ1n) is 6.98. The third kappa shape index (κ3) is 2.59. The molecule has 0 fully saturated rings.